The Morgan fingerprint density at radius 2 is 1.48 bits per heavy atom. The Kier molecular flexibility index (Phi) is 6.07. The molecule has 0 aliphatic carbocycles. The molecule has 0 bridgehead atoms. The van der Waals surface area contributed by atoms with Crippen molar-refractivity contribution >= 4 is 11.9 Å². The van der Waals surface area contributed by atoms with Gasteiger partial charge in [-0.1, -0.05) is 17.7 Å². The summed E-state index contributed by atoms with van der Waals surface area (Å²) in [4.78, 5) is 25.1. The van der Waals surface area contributed by atoms with Gasteiger partial charge in [0.25, 0.3) is 5.91 Å². The molecule has 0 atom stereocenters. The van der Waals surface area contributed by atoms with Crippen molar-refractivity contribution in [3.63, 3.8) is 0 Å². The predicted octanol–water partition coefficient (Wildman–Crippen LogP) is 4.04. The summed E-state index contributed by atoms with van der Waals surface area (Å²) in [6.07, 6.45) is -0.0915. The number of aryl methyl sites for hydroxylation is 1. The first-order chi connectivity index (χ1) is 13.8. The van der Waals surface area contributed by atoms with Crippen LogP contribution in [0.5, 0.6) is 0 Å². The minimum atomic E-state index is -0.931. The average Bonchev–Trinajstić information content (AvgIpc) is 3.18. The van der Waals surface area contributed by atoms with Gasteiger partial charge in [0.15, 0.2) is 0 Å². The summed E-state index contributed by atoms with van der Waals surface area (Å²) in [7, 11) is 0. The fraction of sp³-hybridized carbons (Fsp3) is 0.273. The molecule has 0 unspecified atom stereocenters. The molecule has 2 aromatic carbocycles. The van der Waals surface area contributed by atoms with E-state index in [1.54, 1.807) is 29.2 Å². The van der Waals surface area contributed by atoms with Gasteiger partial charge in [-0.15, -0.1) is 10.2 Å². The second-order valence-corrected chi connectivity index (χ2v) is 7.09. The summed E-state index contributed by atoms with van der Waals surface area (Å²) >= 11 is 0. The van der Waals surface area contributed by atoms with Crippen LogP contribution < -0.4 is 0 Å². The Balaban J connectivity index is 1.76. The van der Waals surface area contributed by atoms with Gasteiger partial charge in [0.05, 0.1) is 6.42 Å². The van der Waals surface area contributed by atoms with Gasteiger partial charge in [-0.05, 0) is 57.2 Å². The first-order valence-corrected chi connectivity index (χ1v) is 9.39. The van der Waals surface area contributed by atoms with Crippen molar-refractivity contribution in [2.24, 2.45) is 0 Å². The van der Waals surface area contributed by atoms with E-state index in [9.17, 15) is 9.59 Å². The molecule has 7 nitrogen and oxygen atoms in total. The predicted molar refractivity (Wildman–Crippen MR) is 108 cm³/mol. The van der Waals surface area contributed by atoms with Crippen LogP contribution >= 0.6 is 0 Å². The molecule has 0 radical (unpaired) electrons. The molecular weight excluding hydrogens is 370 g/mol. The molecule has 0 saturated carbocycles. The lowest BCUT2D eigenvalue weighted by Gasteiger charge is -2.26. The Labute approximate surface area is 169 Å². The van der Waals surface area contributed by atoms with E-state index >= 15 is 0 Å². The third-order valence-electron chi connectivity index (χ3n) is 4.55. The fourth-order valence-electron chi connectivity index (χ4n) is 2.88. The van der Waals surface area contributed by atoms with Crippen molar-refractivity contribution in [1.29, 1.82) is 0 Å². The van der Waals surface area contributed by atoms with Crippen LogP contribution in [0.2, 0.25) is 0 Å². The Bertz CT molecular complexity index is 992. The van der Waals surface area contributed by atoms with E-state index in [1.807, 2.05) is 45.0 Å². The van der Waals surface area contributed by atoms with Gasteiger partial charge in [-0.3, -0.25) is 9.59 Å². The molecule has 150 valence electrons. The lowest BCUT2D eigenvalue weighted by Crippen LogP contribution is -2.38. The number of carbonyl (C=O) groups is 2. The van der Waals surface area contributed by atoms with Crippen molar-refractivity contribution < 1.29 is 19.1 Å². The molecule has 1 heterocycles. The van der Waals surface area contributed by atoms with Crippen LogP contribution in [0.1, 0.15) is 36.2 Å². The molecule has 3 aromatic rings. The van der Waals surface area contributed by atoms with Gasteiger partial charge in [0, 0.05) is 29.3 Å². The highest BCUT2D eigenvalue weighted by molar-refractivity contribution is 5.95. The second kappa shape index (κ2) is 8.68. The molecule has 1 aromatic heterocycles. The van der Waals surface area contributed by atoms with Crippen molar-refractivity contribution in [3.05, 3.63) is 59.7 Å². The van der Waals surface area contributed by atoms with E-state index in [1.165, 1.54) is 0 Å². The van der Waals surface area contributed by atoms with E-state index in [4.69, 9.17) is 9.52 Å². The average molecular weight is 393 g/mol. The lowest BCUT2D eigenvalue weighted by atomic mass is 10.1. The zero-order valence-electron chi connectivity index (χ0n) is 16.6. The molecule has 1 N–H and O–H groups in total. The van der Waals surface area contributed by atoms with Crippen LogP contribution in [0.15, 0.2) is 52.9 Å². The number of aromatic nitrogens is 2. The van der Waals surface area contributed by atoms with Gasteiger partial charge in [0.1, 0.15) is 0 Å². The second-order valence-electron chi connectivity index (χ2n) is 7.09. The highest BCUT2D eigenvalue weighted by Crippen LogP contribution is 2.24. The van der Waals surface area contributed by atoms with E-state index in [2.05, 4.69) is 10.2 Å². The summed E-state index contributed by atoms with van der Waals surface area (Å²) in [6, 6.07) is 14.6. The van der Waals surface area contributed by atoms with Gasteiger partial charge in [-0.25, -0.2) is 0 Å². The normalized spacial score (nSPS) is 10.9. The molecule has 1 amide bonds. The first-order valence-electron chi connectivity index (χ1n) is 9.39. The number of carboxylic acid groups (broad SMARTS) is 1. The molecule has 0 fully saturated rings. The molecule has 7 heteroatoms. The summed E-state index contributed by atoms with van der Waals surface area (Å²) in [6.45, 7) is 5.89. The van der Waals surface area contributed by atoms with Crippen LogP contribution in [0.3, 0.4) is 0 Å². The molecular formula is C22H23N3O4. The largest absolute Gasteiger partial charge is 0.481 e. The number of rotatable bonds is 7. The maximum absolute atomic E-state index is 12.7. The Hall–Kier alpha value is -3.48. The highest BCUT2D eigenvalue weighted by Gasteiger charge is 2.20. The van der Waals surface area contributed by atoms with Gasteiger partial charge < -0.3 is 14.4 Å². The number of carbonyl (C=O) groups excluding carboxylic acids is 1. The minimum absolute atomic E-state index is 0.0915. The van der Waals surface area contributed by atoms with E-state index in [0.29, 0.717) is 22.9 Å². The van der Waals surface area contributed by atoms with E-state index in [0.717, 1.165) is 11.1 Å². The fourth-order valence-corrected chi connectivity index (χ4v) is 2.88. The maximum atomic E-state index is 12.7. The van der Waals surface area contributed by atoms with Crippen molar-refractivity contribution in [2.45, 2.75) is 33.2 Å². The van der Waals surface area contributed by atoms with Gasteiger partial charge in [-0.2, -0.15) is 0 Å². The third-order valence-corrected chi connectivity index (χ3v) is 4.55. The van der Waals surface area contributed by atoms with Crippen LogP contribution in [-0.2, 0) is 4.79 Å². The maximum Gasteiger partial charge on any atom is 0.305 e. The molecule has 0 saturated heterocycles. The number of hydrogen-bond acceptors (Lipinski definition) is 5. The Morgan fingerprint density at radius 1 is 0.966 bits per heavy atom. The Morgan fingerprint density at radius 3 is 1.97 bits per heavy atom. The van der Waals surface area contributed by atoms with E-state index < -0.39 is 5.97 Å². The summed E-state index contributed by atoms with van der Waals surface area (Å²) in [5.41, 5.74) is 3.17. The highest BCUT2D eigenvalue weighted by atomic mass is 16.4. The zero-order valence-corrected chi connectivity index (χ0v) is 16.6. The number of carboxylic acids is 1. The summed E-state index contributed by atoms with van der Waals surface area (Å²) < 4.78 is 5.76. The SMILES string of the molecule is Cc1ccc(-c2nnc(-c3ccc(C(=O)N(CCC(=O)O)C(C)C)cc3)o2)cc1. The number of hydrogen-bond donors (Lipinski definition) is 1. The number of amides is 1. The topological polar surface area (TPSA) is 96.5 Å². The van der Waals surface area contributed by atoms with Crippen molar-refractivity contribution in [2.75, 3.05) is 6.54 Å². The molecule has 0 aliphatic rings. The van der Waals surface area contributed by atoms with Gasteiger partial charge >= 0.3 is 5.97 Å². The number of nitrogens with zero attached hydrogens (tertiary/aromatic N) is 3. The lowest BCUT2D eigenvalue weighted by molar-refractivity contribution is -0.137. The van der Waals surface area contributed by atoms with Crippen LogP contribution in [-0.4, -0.2) is 44.7 Å². The number of benzene rings is 2. The van der Waals surface area contributed by atoms with Crippen molar-refractivity contribution in [3.8, 4) is 22.9 Å². The van der Waals surface area contributed by atoms with Gasteiger partial charge in [0.2, 0.25) is 11.8 Å². The summed E-state index contributed by atoms with van der Waals surface area (Å²) in [5, 5.41) is 17.1. The standard InChI is InChI=1S/C22H23N3O4/c1-14(2)25(13-12-19(26)27)22(28)18-10-8-17(9-11-18)21-24-23-20(29-21)16-6-4-15(3)5-7-16/h4-11,14H,12-13H2,1-3H3,(H,26,27). The van der Waals surface area contributed by atoms with E-state index in [-0.39, 0.29) is 24.9 Å². The molecule has 0 aliphatic heterocycles. The monoisotopic (exact) mass is 393 g/mol. The third kappa shape index (κ3) is 4.87. The van der Waals surface area contributed by atoms with Crippen LogP contribution in [0, 0.1) is 6.92 Å². The van der Waals surface area contributed by atoms with Crippen LogP contribution in [0.25, 0.3) is 22.9 Å². The molecule has 3 rings (SSSR count). The number of aliphatic carboxylic acids is 1. The molecule has 0 spiro atoms. The first kappa shape index (κ1) is 20.3. The smallest absolute Gasteiger partial charge is 0.305 e. The zero-order chi connectivity index (χ0) is 21.0. The minimum Gasteiger partial charge on any atom is -0.481 e. The summed E-state index contributed by atoms with van der Waals surface area (Å²) in [5.74, 6) is -0.343. The molecule has 29 heavy (non-hydrogen) atoms. The van der Waals surface area contributed by atoms with Crippen molar-refractivity contribution in [1.82, 2.24) is 15.1 Å². The van der Waals surface area contributed by atoms with Crippen LogP contribution in [0.4, 0.5) is 0 Å². The quantitative estimate of drug-likeness (QED) is 0.651.